The third-order valence-electron chi connectivity index (χ3n) is 5.25. The molecule has 3 rings (SSSR count). The molecule has 1 atom stereocenters. The molecule has 1 unspecified atom stereocenters. The summed E-state index contributed by atoms with van der Waals surface area (Å²) in [6.07, 6.45) is 1.26. The van der Waals surface area contributed by atoms with Gasteiger partial charge in [-0.1, -0.05) is 37.3 Å². The van der Waals surface area contributed by atoms with Crippen molar-refractivity contribution in [2.24, 2.45) is 4.99 Å². The summed E-state index contributed by atoms with van der Waals surface area (Å²) in [6, 6.07) is 13.2. The number of aliphatic hydroxyl groups excluding tert-OH is 1. The fourth-order valence-corrected chi connectivity index (χ4v) is 3.78. The zero-order valence-electron chi connectivity index (χ0n) is 17.8. The lowest BCUT2D eigenvalue weighted by Crippen LogP contribution is -2.23. The smallest absolute Gasteiger partial charge is 0.203 e. The molecule has 0 aliphatic heterocycles. The molecule has 1 aliphatic rings. The standard InChI is InChI=1S/C24H27NO5/c1-5-18(25-17-13-21(28-2)24(30-4)22(14-17)29-3)23-19(26)11-16(12-20(23)27)15-9-7-6-8-10-15/h6-10,13-14,16,26H,5,11-12H2,1-4H3. The summed E-state index contributed by atoms with van der Waals surface area (Å²) in [5, 5.41) is 10.7. The number of methoxy groups -OCH3 is 3. The van der Waals surface area contributed by atoms with Crippen molar-refractivity contribution in [3.63, 3.8) is 0 Å². The molecule has 2 aromatic carbocycles. The van der Waals surface area contributed by atoms with E-state index in [1.54, 1.807) is 12.1 Å². The average Bonchev–Trinajstić information content (AvgIpc) is 2.77. The summed E-state index contributed by atoms with van der Waals surface area (Å²) in [7, 11) is 4.61. The van der Waals surface area contributed by atoms with Crippen LogP contribution in [0.3, 0.4) is 0 Å². The summed E-state index contributed by atoms with van der Waals surface area (Å²) >= 11 is 0. The monoisotopic (exact) mass is 409 g/mol. The van der Waals surface area contributed by atoms with Crippen molar-refractivity contribution in [3.8, 4) is 17.2 Å². The molecule has 0 amide bonds. The lowest BCUT2D eigenvalue weighted by Gasteiger charge is -2.24. The minimum absolute atomic E-state index is 0.0262. The highest BCUT2D eigenvalue weighted by atomic mass is 16.5. The van der Waals surface area contributed by atoms with E-state index in [1.165, 1.54) is 21.3 Å². The van der Waals surface area contributed by atoms with Crippen LogP contribution in [-0.2, 0) is 4.79 Å². The number of allylic oxidation sites excluding steroid dienone is 2. The molecule has 2 aromatic rings. The Morgan fingerprint density at radius 1 is 1.03 bits per heavy atom. The molecular formula is C24H27NO5. The number of rotatable bonds is 7. The van der Waals surface area contributed by atoms with E-state index >= 15 is 0 Å². The van der Waals surface area contributed by atoms with Gasteiger partial charge in [-0.05, 0) is 17.9 Å². The minimum atomic E-state index is -0.0966. The number of hydrogen-bond donors (Lipinski definition) is 1. The van der Waals surface area contributed by atoms with Crippen molar-refractivity contribution in [1.29, 1.82) is 0 Å². The highest BCUT2D eigenvalue weighted by Gasteiger charge is 2.31. The van der Waals surface area contributed by atoms with E-state index in [-0.39, 0.29) is 17.5 Å². The van der Waals surface area contributed by atoms with Gasteiger partial charge >= 0.3 is 0 Å². The predicted molar refractivity (Wildman–Crippen MR) is 117 cm³/mol. The topological polar surface area (TPSA) is 77.3 Å². The molecule has 0 fully saturated rings. The molecule has 158 valence electrons. The number of ketones is 1. The van der Waals surface area contributed by atoms with Crippen LogP contribution >= 0.6 is 0 Å². The molecule has 0 aromatic heterocycles. The second kappa shape index (κ2) is 9.48. The SMILES string of the molecule is CCC(=Nc1cc(OC)c(OC)c(OC)c1)C1=C(O)CC(c2ccccc2)CC1=O. The first-order valence-corrected chi connectivity index (χ1v) is 9.90. The van der Waals surface area contributed by atoms with Crippen molar-refractivity contribution < 1.29 is 24.1 Å². The van der Waals surface area contributed by atoms with Crippen LogP contribution in [0, 0.1) is 0 Å². The maximum absolute atomic E-state index is 13.0. The molecule has 0 spiro atoms. The first-order chi connectivity index (χ1) is 14.5. The van der Waals surface area contributed by atoms with Crippen molar-refractivity contribution in [2.45, 2.75) is 32.1 Å². The number of aliphatic hydroxyl groups is 1. The number of benzene rings is 2. The number of hydrogen-bond acceptors (Lipinski definition) is 6. The molecule has 0 saturated carbocycles. The van der Waals surface area contributed by atoms with E-state index in [0.29, 0.717) is 53.5 Å². The minimum Gasteiger partial charge on any atom is -0.511 e. The lowest BCUT2D eigenvalue weighted by molar-refractivity contribution is -0.116. The Kier molecular flexibility index (Phi) is 6.77. The molecule has 30 heavy (non-hydrogen) atoms. The fourth-order valence-electron chi connectivity index (χ4n) is 3.78. The van der Waals surface area contributed by atoms with E-state index in [4.69, 9.17) is 14.2 Å². The van der Waals surface area contributed by atoms with Gasteiger partial charge in [0.15, 0.2) is 17.3 Å². The van der Waals surface area contributed by atoms with Gasteiger partial charge in [0.2, 0.25) is 5.75 Å². The molecule has 0 heterocycles. The van der Waals surface area contributed by atoms with Crippen molar-refractivity contribution in [3.05, 3.63) is 59.4 Å². The Balaban J connectivity index is 1.99. The first kappa shape index (κ1) is 21.4. The van der Waals surface area contributed by atoms with Gasteiger partial charge < -0.3 is 19.3 Å². The number of nitrogens with zero attached hydrogens (tertiary/aromatic N) is 1. The Bertz CT molecular complexity index is 953. The zero-order valence-corrected chi connectivity index (χ0v) is 17.8. The summed E-state index contributed by atoms with van der Waals surface area (Å²) in [4.78, 5) is 17.6. The maximum Gasteiger partial charge on any atom is 0.203 e. The van der Waals surface area contributed by atoms with Crippen molar-refractivity contribution >= 4 is 17.2 Å². The number of Topliss-reactive ketones (excluding diaryl/α,β-unsaturated/α-hetero) is 1. The Morgan fingerprint density at radius 2 is 1.67 bits per heavy atom. The van der Waals surface area contributed by atoms with Gasteiger partial charge in [0.25, 0.3) is 0 Å². The maximum atomic E-state index is 13.0. The Hall–Kier alpha value is -3.28. The van der Waals surface area contributed by atoms with Gasteiger partial charge in [0.05, 0.1) is 38.3 Å². The largest absolute Gasteiger partial charge is 0.511 e. The van der Waals surface area contributed by atoms with Crippen LogP contribution in [0.1, 0.15) is 37.7 Å². The third kappa shape index (κ3) is 4.32. The van der Waals surface area contributed by atoms with Gasteiger partial charge in [-0.15, -0.1) is 0 Å². The van der Waals surface area contributed by atoms with Gasteiger partial charge in [-0.2, -0.15) is 0 Å². The number of carbonyl (C=O) groups excluding carboxylic acids is 1. The molecule has 6 heteroatoms. The van der Waals surface area contributed by atoms with E-state index in [0.717, 1.165) is 5.56 Å². The summed E-state index contributed by atoms with van der Waals surface area (Å²) in [6.45, 7) is 1.91. The lowest BCUT2D eigenvalue weighted by atomic mass is 9.81. The summed E-state index contributed by atoms with van der Waals surface area (Å²) in [5.41, 5.74) is 2.47. The molecule has 1 aliphatic carbocycles. The highest BCUT2D eigenvalue weighted by molar-refractivity contribution is 6.23. The molecule has 6 nitrogen and oxygen atoms in total. The van der Waals surface area contributed by atoms with Crippen LogP contribution in [0.15, 0.2) is 58.8 Å². The first-order valence-electron chi connectivity index (χ1n) is 9.90. The number of carbonyl (C=O) groups is 1. The molecule has 0 radical (unpaired) electrons. The van der Waals surface area contributed by atoms with Gasteiger partial charge in [-0.25, -0.2) is 0 Å². The van der Waals surface area contributed by atoms with Crippen LogP contribution in [0.5, 0.6) is 17.2 Å². The Morgan fingerprint density at radius 3 is 2.17 bits per heavy atom. The van der Waals surface area contributed by atoms with E-state index in [2.05, 4.69) is 4.99 Å². The van der Waals surface area contributed by atoms with Crippen molar-refractivity contribution in [2.75, 3.05) is 21.3 Å². The van der Waals surface area contributed by atoms with Gasteiger partial charge in [-0.3, -0.25) is 9.79 Å². The van der Waals surface area contributed by atoms with E-state index < -0.39 is 0 Å². The van der Waals surface area contributed by atoms with E-state index in [1.807, 2.05) is 37.3 Å². The number of ether oxygens (including phenoxy) is 3. The van der Waals surface area contributed by atoms with Crippen molar-refractivity contribution in [1.82, 2.24) is 0 Å². The van der Waals surface area contributed by atoms with Crippen LogP contribution in [0.4, 0.5) is 5.69 Å². The third-order valence-corrected chi connectivity index (χ3v) is 5.25. The van der Waals surface area contributed by atoms with Crippen LogP contribution in [-0.4, -0.2) is 37.9 Å². The predicted octanol–water partition coefficient (Wildman–Crippen LogP) is 5.15. The Labute approximate surface area is 176 Å². The summed E-state index contributed by atoms with van der Waals surface area (Å²) < 4.78 is 16.1. The normalized spacial score (nSPS) is 17.1. The van der Waals surface area contributed by atoms with Gasteiger partial charge in [0, 0.05) is 25.0 Å². The second-order valence-corrected chi connectivity index (χ2v) is 7.06. The fraction of sp³-hybridized carbons (Fsp3) is 0.333. The van der Waals surface area contributed by atoms with Crippen LogP contribution in [0.2, 0.25) is 0 Å². The molecule has 0 saturated heterocycles. The quantitative estimate of drug-likeness (QED) is 0.640. The average molecular weight is 409 g/mol. The highest BCUT2D eigenvalue weighted by Crippen LogP contribution is 2.41. The van der Waals surface area contributed by atoms with Gasteiger partial charge in [0.1, 0.15) is 5.76 Å². The van der Waals surface area contributed by atoms with E-state index in [9.17, 15) is 9.90 Å². The molecule has 0 bridgehead atoms. The molecule has 1 N–H and O–H groups in total. The summed E-state index contributed by atoms with van der Waals surface area (Å²) in [5.74, 6) is 1.39. The molecular weight excluding hydrogens is 382 g/mol. The second-order valence-electron chi connectivity index (χ2n) is 7.06. The zero-order chi connectivity index (χ0) is 21.7. The van der Waals surface area contributed by atoms with Crippen LogP contribution in [0.25, 0.3) is 0 Å². The number of aliphatic imine (C=N–C) groups is 1. The van der Waals surface area contributed by atoms with Crippen LogP contribution < -0.4 is 14.2 Å².